The molecule has 6 atom stereocenters. The van der Waals surface area contributed by atoms with Crippen LogP contribution in [0.2, 0.25) is 5.02 Å². The van der Waals surface area contributed by atoms with Crippen molar-refractivity contribution in [2.75, 3.05) is 11.5 Å². The van der Waals surface area contributed by atoms with Gasteiger partial charge in [0.2, 0.25) is 5.13 Å². The van der Waals surface area contributed by atoms with Crippen molar-refractivity contribution in [3.05, 3.63) is 29.3 Å². The molecule has 172 valence electrons. The quantitative estimate of drug-likeness (QED) is 0.426. The van der Waals surface area contributed by atoms with Crippen molar-refractivity contribution in [2.24, 2.45) is 0 Å². The molecule has 3 heterocycles. The molecule has 4 rings (SSSR count). The molecule has 2 aromatic rings. The van der Waals surface area contributed by atoms with Crippen LogP contribution in [0.1, 0.15) is 13.3 Å². The third-order valence-corrected chi connectivity index (χ3v) is 7.08. The van der Waals surface area contributed by atoms with Crippen molar-refractivity contribution in [1.29, 1.82) is 0 Å². The van der Waals surface area contributed by atoms with Gasteiger partial charge in [-0.2, -0.15) is 0 Å². The average molecular weight is 501 g/mol. The van der Waals surface area contributed by atoms with Crippen LogP contribution >= 0.6 is 35.2 Å². The second-order valence-electron chi connectivity index (χ2n) is 7.40. The van der Waals surface area contributed by atoms with Gasteiger partial charge in [0.25, 0.3) is 5.91 Å². The zero-order chi connectivity index (χ0) is 23.2. The zero-order valence-corrected chi connectivity index (χ0v) is 19.2. The van der Waals surface area contributed by atoms with Gasteiger partial charge in [-0.25, -0.2) is 4.90 Å². The monoisotopic (exact) mass is 500 g/mol. The number of amides is 1. The molecule has 32 heavy (non-hydrogen) atoms. The van der Waals surface area contributed by atoms with E-state index in [4.69, 9.17) is 28.6 Å². The molecular formula is C19H21ClN4O6S2. The predicted molar refractivity (Wildman–Crippen MR) is 120 cm³/mol. The summed E-state index contributed by atoms with van der Waals surface area (Å²) in [5, 5.41) is 50.0. The number of anilines is 1. The molecule has 2 fully saturated rings. The number of hydrogen-bond acceptors (Lipinski definition) is 10. The third-order valence-electron chi connectivity index (χ3n) is 5.48. The van der Waals surface area contributed by atoms with Gasteiger partial charge >= 0.3 is 0 Å². The van der Waals surface area contributed by atoms with Crippen LogP contribution < -0.4 is 4.90 Å². The number of benzene rings is 1. The standard InChI is InChI=1S/C19H21ClN4O6S2/c1-2-10-16(29)24(18-22-21-15(32-18)8-3-5-9(20)6-4-8)19(31)23(10)17-14(28)13(27)12(26)11(7-25)30-17/h3-6,10-14,17,25-28H,2,7H2,1H3/t10?,11-,12-,13+,14-,17-/m1/s1. The van der Waals surface area contributed by atoms with E-state index in [1.165, 1.54) is 9.80 Å². The number of rotatable bonds is 5. The first-order valence-electron chi connectivity index (χ1n) is 9.84. The van der Waals surface area contributed by atoms with E-state index < -0.39 is 43.3 Å². The number of aromatic nitrogens is 2. The lowest BCUT2D eigenvalue weighted by atomic mass is 9.97. The summed E-state index contributed by atoms with van der Waals surface area (Å²) in [6.45, 7) is 1.18. The third kappa shape index (κ3) is 3.90. The molecule has 10 nitrogen and oxygen atoms in total. The molecule has 0 aliphatic carbocycles. The van der Waals surface area contributed by atoms with E-state index in [9.17, 15) is 25.2 Å². The second-order valence-corrected chi connectivity index (χ2v) is 9.16. The minimum atomic E-state index is -1.59. The number of aliphatic hydroxyl groups is 4. The van der Waals surface area contributed by atoms with E-state index in [2.05, 4.69) is 10.2 Å². The molecule has 0 saturated carbocycles. The molecule has 2 aliphatic heterocycles. The Morgan fingerprint density at radius 1 is 1.16 bits per heavy atom. The first-order chi connectivity index (χ1) is 15.3. The summed E-state index contributed by atoms with van der Waals surface area (Å²) in [4.78, 5) is 15.8. The van der Waals surface area contributed by atoms with Gasteiger partial charge in [0.1, 0.15) is 35.5 Å². The van der Waals surface area contributed by atoms with Crippen LogP contribution in [0.4, 0.5) is 5.13 Å². The van der Waals surface area contributed by atoms with Crippen molar-refractivity contribution < 1.29 is 30.0 Å². The van der Waals surface area contributed by atoms with Gasteiger partial charge in [0, 0.05) is 10.6 Å². The number of aliphatic hydroxyl groups excluding tert-OH is 4. The van der Waals surface area contributed by atoms with Crippen LogP contribution in [0, 0.1) is 0 Å². The summed E-state index contributed by atoms with van der Waals surface area (Å²) in [6, 6.07) is 6.21. The van der Waals surface area contributed by atoms with Gasteiger partial charge in [-0.3, -0.25) is 4.79 Å². The van der Waals surface area contributed by atoms with Crippen LogP contribution in [0.15, 0.2) is 24.3 Å². The van der Waals surface area contributed by atoms with E-state index in [1.54, 1.807) is 31.2 Å². The number of hydrogen-bond donors (Lipinski definition) is 4. The second kappa shape index (κ2) is 9.23. The minimum Gasteiger partial charge on any atom is -0.394 e. The van der Waals surface area contributed by atoms with Crippen LogP contribution in [0.3, 0.4) is 0 Å². The fourth-order valence-corrected chi connectivity index (χ4v) is 5.22. The maximum atomic E-state index is 13.2. The van der Waals surface area contributed by atoms with Crippen molar-refractivity contribution in [3.63, 3.8) is 0 Å². The van der Waals surface area contributed by atoms with Crippen molar-refractivity contribution in [1.82, 2.24) is 15.1 Å². The number of carbonyl (C=O) groups is 1. The summed E-state index contributed by atoms with van der Waals surface area (Å²) < 4.78 is 5.64. The topological polar surface area (TPSA) is 139 Å². The molecule has 0 radical (unpaired) electrons. The average Bonchev–Trinajstić information content (AvgIpc) is 3.35. The summed E-state index contributed by atoms with van der Waals surface area (Å²) in [5.74, 6) is -0.381. The Morgan fingerprint density at radius 2 is 1.84 bits per heavy atom. The SMILES string of the molecule is CCC1C(=O)N(c2nnc(-c3ccc(Cl)cc3)s2)C(=S)N1[C@@H]1O[C@H](CO)[C@@H](O)[C@H](O)[C@H]1O. The molecule has 1 amide bonds. The van der Waals surface area contributed by atoms with Crippen molar-refractivity contribution in [3.8, 4) is 10.6 Å². The molecule has 1 aromatic carbocycles. The molecule has 1 unspecified atom stereocenters. The Labute approximate surface area is 197 Å². The van der Waals surface area contributed by atoms with E-state index in [1.807, 2.05) is 0 Å². The van der Waals surface area contributed by atoms with Gasteiger partial charge < -0.3 is 30.1 Å². The summed E-state index contributed by atoms with van der Waals surface area (Å²) in [5.41, 5.74) is 0.772. The normalized spacial score (nSPS) is 30.9. The summed E-state index contributed by atoms with van der Waals surface area (Å²) in [6.07, 6.45) is -6.71. The molecule has 2 saturated heterocycles. The molecule has 0 spiro atoms. The van der Waals surface area contributed by atoms with Gasteiger partial charge in [0.05, 0.1) is 6.61 Å². The van der Waals surface area contributed by atoms with Crippen LogP contribution in [0.25, 0.3) is 10.6 Å². The Kier molecular flexibility index (Phi) is 6.75. The molecule has 1 aromatic heterocycles. The molecule has 2 aliphatic rings. The van der Waals surface area contributed by atoms with E-state index in [0.29, 0.717) is 16.5 Å². The lowest BCUT2D eigenvalue weighted by Gasteiger charge is -2.44. The number of thiocarbonyl (C=S) groups is 1. The van der Waals surface area contributed by atoms with Crippen molar-refractivity contribution >= 4 is 51.3 Å². The Morgan fingerprint density at radius 3 is 2.47 bits per heavy atom. The Bertz CT molecular complexity index is 1010. The highest BCUT2D eigenvalue weighted by Crippen LogP contribution is 2.36. The van der Waals surface area contributed by atoms with Gasteiger partial charge in [-0.1, -0.05) is 42.0 Å². The number of carbonyl (C=O) groups excluding carboxylic acids is 1. The van der Waals surface area contributed by atoms with Crippen LogP contribution in [-0.4, -0.2) is 89.8 Å². The van der Waals surface area contributed by atoms with E-state index in [0.717, 1.165) is 16.9 Å². The van der Waals surface area contributed by atoms with Crippen LogP contribution in [-0.2, 0) is 9.53 Å². The fourth-order valence-electron chi connectivity index (χ4n) is 3.77. The maximum absolute atomic E-state index is 13.2. The van der Waals surface area contributed by atoms with E-state index >= 15 is 0 Å². The summed E-state index contributed by atoms with van der Waals surface area (Å²) >= 11 is 12.6. The molecular weight excluding hydrogens is 480 g/mol. The predicted octanol–water partition coefficient (Wildman–Crippen LogP) is 0.370. The first kappa shape index (κ1) is 23.4. The smallest absolute Gasteiger partial charge is 0.258 e. The highest BCUT2D eigenvalue weighted by molar-refractivity contribution is 7.80. The largest absolute Gasteiger partial charge is 0.394 e. The van der Waals surface area contributed by atoms with E-state index in [-0.39, 0.29) is 16.2 Å². The van der Waals surface area contributed by atoms with Gasteiger partial charge in [-0.05, 0) is 30.8 Å². The lowest BCUT2D eigenvalue weighted by Crippen LogP contribution is -2.64. The zero-order valence-electron chi connectivity index (χ0n) is 16.8. The first-order valence-corrected chi connectivity index (χ1v) is 11.4. The highest BCUT2D eigenvalue weighted by Gasteiger charge is 2.53. The van der Waals surface area contributed by atoms with Gasteiger partial charge in [0.15, 0.2) is 11.3 Å². The molecule has 13 heteroatoms. The van der Waals surface area contributed by atoms with Crippen LogP contribution in [0.5, 0.6) is 0 Å². The number of ether oxygens (including phenoxy) is 1. The van der Waals surface area contributed by atoms with Crippen molar-refractivity contribution in [2.45, 2.75) is 50.0 Å². The Balaban J connectivity index is 1.64. The minimum absolute atomic E-state index is 0.0185. The fraction of sp³-hybridized carbons (Fsp3) is 0.474. The number of nitrogens with zero attached hydrogens (tertiary/aromatic N) is 4. The lowest BCUT2D eigenvalue weighted by molar-refractivity contribution is -0.257. The highest BCUT2D eigenvalue weighted by atomic mass is 35.5. The van der Waals surface area contributed by atoms with Gasteiger partial charge in [-0.15, -0.1) is 10.2 Å². The maximum Gasteiger partial charge on any atom is 0.258 e. The molecule has 4 N–H and O–H groups in total. The number of halogens is 1. The summed E-state index contributed by atoms with van der Waals surface area (Å²) in [7, 11) is 0. The molecule has 0 bridgehead atoms. The Hall–Kier alpha value is -1.77.